The maximum Gasteiger partial charge on any atom is 0.406 e. The largest absolute Gasteiger partial charge is 0.461 e. The van der Waals surface area contributed by atoms with Gasteiger partial charge in [0.1, 0.15) is 12.4 Å². The molecule has 3 rings (SSSR count). The molecular weight excluding hydrogens is 472 g/mol. The lowest BCUT2D eigenvalue weighted by Gasteiger charge is -2.38. The first-order valence-electron chi connectivity index (χ1n) is 11.1. The van der Waals surface area contributed by atoms with Crippen molar-refractivity contribution in [3.05, 3.63) is 126 Å². The van der Waals surface area contributed by atoms with Crippen LogP contribution in [0.5, 0.6) is 0 Å². The third-order valence-electron chi connectivity index (χ3n) is 5.83. The number of benzene rings is 3. The summed E-state index contributed by atoms with van der Waals surface area (Å²) in [7, 11) is 0. The SMILES string of the molecule is C=CC(c1ccccc1)C(CC(=O)c1ccccc1F)(C(=O)OC/C=C/c1ccccc1)C(F)(F)F. The summed E-state index contributed by atoms with van der Waals surface area (Å²) in [6.45, 7) is 3.07. The number of hydrogen-bond donors (Lipinski definition) is 0. The summed E-state index contributed by atoms with van der Waals surface area (Å²) < 4.78 is 64.0. The maximum absolute atomic E-state index is 14.9. The van der Waals surface area contributed by atoms with Crippen LogP contribution in [-0.2, 0) is 9.53 Å². The smallest absolute Gasteiger partial charge is 0.406 e. The van der Waals surface area contributed by atoms with Gasteiger partial charge in [-0.15, -0.1) is 6.58 Å². The molecule has 2 unspecified atom stereocenters. The van der Waals surface area contributed by atoms with Gasteiger partial charge >= 0.3 is 12.1 Å². The van der Waals surface area contributed by atoms with E-state index in [9.17, 15) is 27.2 Å². The van der Waals surface area contributed by atoms with Crippen LogP contribution >= 0.6 is 0 Å². The summed E-state index contributed by atoms with van der Waals surface area (Å²) in [6, 6.07) is 21.1. The summed E-state index contributed by atoms with van der Waals surface area (Å²) >= 11 is 0. The van der Waals surface area contributed by atoms with Gasteiger partial charge in [0, 0.05) is 12.3 Å². The number of carbonyl (C=O) groups excluding carboxylic acids is 2. The van der Waals surface area contributed by atoms with Crippen LogP contribution in [0.25, 0.3) is 6.08 Å². The van der Waals surface area contributed by atoms with Gasteiger partial charge in [0.25, 0.3) is 0 Å². The lowest BCUT2D eigenvalue weighted by Crippen LogP contribution is -2.51. The van der Waals surface area contributed by atoms with Crippen molar-refractivity contribution in [2.45, 2.75) is 18.5 Å². The highest BCUT2D eigenvalue weighted by Gasteiger charge is 2.66. The van der Waals surface area contributed by atoms with Gasteiger partial charge in [0.2, 0.25) is 0 Å². The molecule has 0 saturated heterocycles. The van der Waals surface area contributed by atoms with Crippen LogP contribution in [0.2, 0.25) is 0 Å². The maximum atomic E-state index is 14.9. The number of allylic oxidation sites excluding steroid dienone is 1. The number of halogens is 4. The Bertz CT molecular complexity index is 1220. The van der Waals surface area contributed by atoms with Gasteiger partial charge in [0.05, 0.1) is 5.56 Å². The second kappa shape index (κ2) is 11.6. The summed E-state index contributed by atoms with van der Waals surface area (Å²) in [6.07, 6.45) is -2.63. The Morgan fingerprint density at radius 1 is 0.889 bits per heavy atom. The monoisotopic (exact) mass is 496 g/mol. The lowest BCUT2D eigenvalue weighted by atomic mass is 9.67. The Morgan fingerprint density at radius 3 is 2.06 bits per heavy atom. The topological polar surface area (TPSA) is 43.4 Å². The third-order valence-corrected chi connectivity index (χ3v) is 5.83. The fourth-order valence-electron chi connectivity index (χ4n) is 4.02. The molecule has 3 nitrogen and oxygen atoms in total. The van der Waals surface area contributed by atoms with Crippen molar-refractivity contribution in [2.24, 2.45) is 5.41 Å². The molecule has 3 aromatic carbocycles. The van der Waals surface area contributed by atoms with E-state index in [1.165, 1.54) is 42.5 Å². The van der Waals surface area contributed by atoms with Gasteiger partial charge in [-0.2, -0.15) is 13.2 Å². The zero-order valence-corrected chi connectivity index (χ0v) is 19.3. The summed E-state index contributed by atoms with van der Waals surface area (Å²) in [5.74, 6) is -5.47. The van der Waals surface area contributed by atoms with E-state index >= 15 is 0 Å². The van der Waals surface area contributed by atoms with E-state index < -0.39 is 53.7 Å². The molecular formula is C29H24F4O3. The highest BCUT2D eigenvalue weighted by molar-refractivity contribution is 6.00. The number of ether oxygens (including phenoxy) is 1. The van der Waals surface area contributed by atoms with Gasteiger partial charge in [-0.05, 0) is 29.3 Å². The molecule has 0 spiro atoms. The van der Waals surface area contributed by atoms with Crippen LogP contribution in [-0.4, -0.2) is 24.5 Å². The Morgan fingerprint density at radius 2 is 1.47 bits per heavy atom. The molecule has 3 aromatic rings. The van der Waals surface area contributed by atoms with Crippen LogP contribution in [0.3, 0.4) is 0 Å². The first-order valence-corrected chi connectivity index (χ1v) is 11.1. The molecule has 0 aliphatic carbocycles. The molecule has 2 atom stereocenters. The van der Waals surface area contributed by atoms with Gasteiger partial charge < -0.3 is 4.74 Å². The van der Waals surface area contributed by atoms with Crippen LogP contribution in [0, 0.1) is 11.2 Å². The minimum Gasteiger partial charge on any atom is -0.461 e. The second-order valence-corrected chi connectivity index (χ2v) is 8.08. The zero-order valence-electron chi connectivity index (χ0n) is 19.3. The molecule has 0 N–H and O–H groups in total. The average molecular weight is 497 g/mol. The molecule has 0 fully saturated rings. The minimum atomic E-state index is -5.23. The molecule has 0 heterocycles. The van der Waals surface area contributed by atoms with Crippen molar-refractivity contribution >= 4 is 17.8 Å². The second-order valence-electron chi connectivity index (χ2n) is 8.08. The van der Waals surface area contributed by atoms with Crippen molar-refractivity contribution in [1.29, 1.82) is 0 Å². The first-order chi connectivity index (χ1) is 17.2. The molecule has 0 aromatic heterocycles. The number of esters is 1. The number of alkyl halides is 3. The Hall–Kier alpha value is -4.00. The fraction of sp³-hybridized carbons (Fsp3) is 0.172. The quantitative estimate of drug-likeness (QED) is 0.129. The fourth-order valence-corrected chi connectivity index (χ4v) is 4.02. The third kappa shape index (κ3) is 5.79. The van der Waals surface area contributed by atoms with E-state index in [1.807, 2.05) is 0 Å². The molecule has 36 heavy (non-hydrogen) atoms. The van der Waals surface area contributed by atoms with Gasteiger partial charge in [-0.3, -0.25) is 9.59 Å². The van der Waals surface area contributed by atoms with Crippen LogP contribution in [0.4, 0.5) is 17.6 Å². The van der Waals surface area contributed by atoms with Crippen molar-refractivity contribution in [1.82, 2.24) is 0 Å². The Balaban J connectivity index is 2.03. The predicted octanol–water partition coefficient (Wildman–Crippen LogP) is 7.17. The van der Waals surface area contributed by atoms with Gasteiger partial charge in [0.15, 0.2) is 11.2 Å². The molecule has 0 radical (unpaired) electrons. The number of carbonyl (C=O) groups is 2. The highest BCUT2D eigenvalue weighted by atomic mass is 19.4. The molecule has 7 heteroatoms. The van der Waals surface area contributed by atoms with Crippen molar-refractivity contribution in [2.75, 3.05) is 6.61 Å². The summed E-state index contributed by atoms with van der Waals surface area (Å²) in [4.78, 5) is 26.3. The average Bonchev–Trinajstić information content (AvgIpc) is 2.87. The van der Waals surface area contributed by atoms with Crippen molar-refractivity contribution in [3.8, 4) is 0 Å². The van der Waals surface area contributed by atoms with E-state index in [1.54, 1.807) is 42.5 Å². The normalized spacial score (nSPS) is 14.1. The molecule has 0 bridgehead atoms. The number of hydrogen-bond acceptors (Lipinski definition) is 3. The van der Waals surface area contributed by atoms with E-state index in [0.717, 1.165) is 23.8 Å². The molecule has 0 amide bonds. The van der Waals surface area contributed by atoms with Crippen LogP contribution < -0.4 is 0 Å². The van der Waals surface area contributed by atoms with E-state index in [-0.39, 0.29) is 5.56 Å². The Labute approximate surface area is 206 Å². The highest BCUT2D eigenvalue weighted by Crippen LogP contribution is 2.53. The van der Waals surface area contributed by atoms with Gasteiger partial charge in [-0.1, -0.05) is 84.9 Å². The van der Waals surface area contributed by atoms with E-state index in [4.69, 9.17) is 4.74 Å². The zero-order chi connectivity index (χ0) is 26.2. The first kappa shape index (κ1) is 26.6. The van der Waals surface area contributed by atoms with Gasteiger partial charge in [-0.25, -0.2) is 4.39 Å². The molecule has 0 saturated carbocycles. The van der Waals surface area contributed by atoms with Crippen molar-refractivity contribution in [3.63, 3.8) is 0 Å². The number of Topliss-reactive ketones (excluding diaryl/α,β-unsaturated/α-hetero) is 1. The minimum absolute atomic E-state index is 0.114. The number of ketones is 1. The summed E-state index contributed by atoms with van der Waals surface area (Å²) in [5.41, 5.74) is -3.00. The molecule has 0 aliphatic heterocycles. The predicted molar refractivity (Wildman–Crippen MR) is 130 cm³/mol. The molecule has 0 aliphatic rings. The van der Waals surface area contributed by atoms with E-state index in [0.29, 0.717) is 0 Å². The standard InChI is InChI=1S/C29H24F4O3/c1-2-24(22-15-7-4-8-16-22)28(29(31,32)33,20-26(34)23-17-9-10-18-25(23)30)27(35)36-19-11-14-21-12-5-3-6-13-21/h2-18,24H,1,19-20H2/b14-11+. The number of rotatable bonds is 10. The van der Waals surface area contributed by atoms with Crippen molar-refractivity contribution < 1.29 is 31.9 Å². The lowest BCUT2D eigenvalue weighted by molar-refractivity contribution is -0.237. The molecule has 186 valence electrons. The van der Waals surface area contributed by atoms with Crippen LogP contribution in [0.1, 0.15) is 33.8 Å². The van der Waals surface area contributed by atoms with Crippen LogP contribution in [0.15, 0.2) is 104 Å². The Kier molecular flexibility index (Phi) is 8.59. The van der Waals surface area contributed by atoms with E-state index in [2.05, 4.69) is 6.58 Å². The summed E-state index contributed by atoms with van der Waals surface area (Å²) in [5, 5.41) is 0.